The second-order valence-corrected chi connectivity index (χ2v) is 5.26. The van der Waals surface area contributed by atoms with Crippen LogP contribution >= 0.6 is 0 Å². The zero-order valence-corrected chi connectivity index (χ0v) is 11.8. The molecule has 3 nitrogen and oxygen atoms in total. The smallest absolute Gasteiger partial charge is 0.419 e. The molecule has 0 spiro atoms. The second-order valence-electron chi connectivity index (χ2n) is 5.26. The van der Waals surface area contributed by atoms with E-state index in [1.807, 2.05) is 0 Å². The molecule has 0 unspecified atom stereocenters. The summed E-state index contributed by atoms with van der Waals surface area (Å²) in [7, 11) is 1.14. The summed E-state index contributed by atoms with van der Waals surface area (Å²) >= 11 is 0. The van der Waals surface area contributed by atoms with E-state index in [4.69, 9.17) is 9.47 Å². The third kappa shape index (κ3) is 4.43. The molecule has 0 aliphatic rings. The lowest BCUT2D eigenvalue weighted by molar-refractivity contribution is -0.154. The number of rotatable bonds is 3. The normalized spacial score (nSPS) is 12.2. The van der Waals surface area contributed by atoms with Gasteiger partial charge in [-0.3, -0.25) is 4.79 Å². The third-order valence-electron chi connectivity index (χ3n) is 2.36. The number of para-hydroxylation sites is 1. The molecule has 1 aromatic carbocycles. The van der Waals surface area contributed by atoms with Crippen LogP contribution in [0.15, 0.2) is 18.2 Å². The second kappa shape index (κ2) is 5.73. The Morgan fingerprint density at radius 1 is 1.20 bits per heavy atom. The molecule has 6 heteroatoms. The Morgan fingerprint density at radius 3 is 2.25 bits per heavy atom. The Labute approximate surface area is 115 Å². The zero-order chi connectivity index (χ0) is 15.6. The maximum Gasteiger partial charge on any atom is 0.419 e. The number of carbonyl (C=O) groups is 1. The lowest BCUT2D eigenvalue weighted by Crippen LogP contribution is -2.25. The van der Waals surface area contributed by atoms with Gasteiger partial charge in [0.2, 0.25) is 0 Å². The quantitative estimate of drug-likeness (QED) is 0.798. The van der Waals surface area contributed by atoms with Crippen molar-refractivity contribution >= 4 is 5.97 Å². The summed E-state index contributed by atoms with van der Waals surface area (Å²) in [5.74, 6) is -0.944. The summed E-state index contributed by atoms with van der Waals surface area (Å²) in [6.07, 6.45) is -4.81. The highest BCUT2D eigenvalue weighted by atomic mass is 19.4. The van der Waals surface area contributed by atoms with E-state index < -0.39 is 23.3 Å². The fourth-order valence-electron chi connectivity index (χ4n) is 1.72. The predicted molar refractivity (Wildman–Crippen MR) is 67.5 cm³/mol. The minimum Gasteiger partial charge on any atom is -0.496 e. The molecule has 1 rings (SSSR count). The molecular formula is C14H17F3O3. The molecule has 0 N–H and O–H groups in total. The molecule has 0 heterocycles. The van der Waals surface area contributed by atoms with E-state index in [1.54, 1.807) is 20.8 Å². The Balaban J connectivity index is 3.05. The van der Waals surface area contributed by atoms with Crippen molar-refractivity contribution in [1.29, 1.82) is 0 Å². The van der Waals surface area contributed by atoms with Gasteiger partial charge in [0.1, 0.15) is 11.4 Å². The standard InChI is InChI=1S/C14H17F3O3/c1-13(2,3)20-11(18)8-9-6-5-7-10(12(9)19-4)14(15,16)17/h5-7H,8H2,1-4H3. The maximum atomic E-state index is 12.8. The van der Waals surface area contributed by atoms with E-state index >= 15 is 0 Å². The first kappa shape index (κ1) is 16.3. The number of hydrogen-bond donors (Lipinski definition) is 0. The minimum absolute atomic E-state index is 0.150. The van der Waals surface area contributed by atoms with Crippen molar-refractivity contribution in [3.05, 3.63) is 29.3 Å². The number of benzene rings is 1. The first-order valence-corrected chi connectivity index (χ1v) is 5.99. The number of hydrogen-bond acceptors (Lipinski definition) is 3. The molecule has 0 fully saturated rings. The molecule has 0 saturated carbocycles. The van der Waals surface area contributed by atoms with Crippen LogP contribution in [0.3, 0.4) is 0 Å². The largest absolute Gasteiger partial charge is 0.496 e. The van der Waals surface area contributed by atoms with E-state index in [-0.39, 0.29) is 17.7 Å². The summed E-state index contributed by atoms with van der Waals surface area (Å²) in [4.78, 5) is 11.7. The number of ether oxygens (including phenoxy) is 2. The molecule has 0 aromatic heterocycles. The molecule has 0 amide bonds. The van der Waals surface area contributed by atoms with Gasteiger partial charge in [-0.25, -0.2) is 0 Å². The van der Waals surface area contributed by atoms with Crippen molar-refractivity contribution in [2.75, 3.05) is 7.11 Å². The van der Waals surface area contributed by atoms with Crippen LogP contribution in [0.25, 0.3) is 0 Å². The predicted octanol–water partition coefficient (Wildman–Crippen LogP) is 3.60. The molecule has 1 aromatic rings. The van der Waals surface area contributed by atoms with E-state index in [0.29, 0.717) is 0 Å². The van der Waals surface area contributed by atoms with E-state index in [0.717, 1.165) is 13.2 Å². The number of alkyl halides is 3. The fraction of sp³-hybridized carbons (Fsp3) is 0.500. The van der Waals surface area contributed by atoms with Gasteiger partial charge in [-0.15, -0.1) is 0 Å². The molecule has 0 saturated heterocycles. The third-order valence-corrected chi connectivity index (χ3v) is 2.36. The highest BCUT2D eigenvalue weighted by Crippen LogP contribution is 2.38. The van der Waals surface area contributed by atoms with Crippen LogP contribution in [-0.2, 0) is 22.1 Å². The van der Waals surface area contributed by atoms with Crippen LogP contribution in [0.1, 0.15) is 31.9 Å². The van der Waals surface area contributed by atoms with Gasteiger partial charge >= 0.3 is 12.1 Å². The van der Waals surface area contributed by atoms with Crippen molar-refractivity contribution in [1.82, 2.24) is 0 Å². The number of methoxy groups -OCH3 is 1. The summed E-state index contributed by atoms with van der Waals surface area (Å²) in [5, 5.41) is 0. The van der Waals surface area contributed by atoms with Gasteiger partial charge in [0.25, 0.3) is 0 Å². The van der Waals surface area contributed by atoms with Crippen LogP contribution in [0.4, 0.5) is 13.2 Å². The molecule has 0 aliphatic carbocycles. The highest BCUT2D eigenvalue weighted by molar-refractivity contribution is 5.74. The summed E-state index contributed by atoms with van der Waals surface area (Å²) in [6.45, 7) is 5.07. The Bertz CT molecular complexity index is 487. The summed E-state index contributed by atoms with van der Waals surface area (Å²) in [6, 6.07) is 3.57. The number of carbonyl (C=O) groups excluding carboxylic acids is 1. The van der Waals surface area contributed by atoms with E-state index in [9.17, 15) is 18.0 Å². The van der Waals surface area contributed by atoms with Crippen LogP contribution < -0.4 is 4.74 Å². The topological polar surface area (TPSA) is 35.5 Å². The molecular weight excluding hydrogens is 273 g/mol. The van der Waals surface area contributed by atoms with E-state index in [2.05, 4.69) is 0 Å². The van der Waals surface area contributed by atoms with Crippen LogP contribution in [-0.4, -0.2) is 18.7 Å². The first-order valence-electron chi connectivity index (χ1n) is 5.99. The van der Waals surface area contributed by atoms with Crippen molar-refractivity contribution in [2.45, 2.75) is 39.0 Å². The van der Waals surface area contributed by atoms with E-state index in [1.165, 1.54) is 12.1 Å². The van der Waals surface area contributed by atoms with Crippen LogP contribution in [0.5, 0.6) is 5.75 Å². The molecule has 0 radical (unpaired) electrons. The minimum atomic E-state index is -4.53. The molecule has 112 valence electrons. The van der Waals surface area contributed by atoms with Crippen LogP contribution in [0, 0.1) is 0 Å². The first-order chi connectivity index (χ1) is 9.04. The molecule has 20 heavy (non-hydrogen) atoms. The maximum absolute atomic E-state index is 12.8. The van der Waals surface area contributed by atoms with Crippen molar-refractivity contribution in [3.8, 4) is 5.75 Å². The van der Waals surface area contributed by atoms with Crippen molar-refractivity contribution < 1.29 is 27.4 Å². The van der Waals surface area contributed by atoms with Gasteiger partial charge in [-0.2, -0.15) is 13.2 Å². The van der Waals surface area contributed by atoms with Gasteiger partial charge in [0, 0.05) is 5.56 Å². The molecule has 0 atom stereocenters. The molecule has 0 bridgehead atoms. The molecule has 0 aliphatic heterocycles. The monoisotopic (exact) mass is 290 g/mol. The highest BCUT2D eigenvalue weighted by Gasteiger charge is 2.35. The summed E-state index contributed by atoms with van der Waals surface area (Å²) < 4.78 is 48.4. The SMILES string of the molecule is COc1c(CC(=O)OC(C)(C)C)cccc1C(F)(F)F. The number of halogens is 3. The van der Waals surface area contributed by atoms with Crippen LogP contribution in [0.2, 0.25) is 0 Å². The number of esters is 1. The average Bonchev–Trinajstić information content (AvgIpc) is 2.24. The lowest BCUT2D eigenvalue weighted by Gasteiger charge is -2.20. The van der Waals surface area contributed by atoms with Gasteiger partial charge < -0.3 is 9.47 Å². The van der Waals surface area contributed by atoms with Gasteiger partial charge in [0.15, 0.2) is 0 Å². The van der Waals surface area contributed by atoms with Crippen molar-refractivity contribution in [3.63, 3.8) is 0 Å². The Morgan fingerprint density at radius 2 is 1.80 bits per heavy atom. The Kier molecular flexibility index (Phi) is 4.68. The van der Waals surface area contributed by atoms with Gasteiger partial charge in [-0.05, 0) is 26.8 Å². The zero-order valence-electron chi connectivity index (χ0n) is 11.8. The van der Waals surface area contributed by atoms with Gasteiger partial charge in [-0.1, -0.05) is 12.1 Å². The summed E-state index contributed by atoms with van der Waals surface area (Å²) in [5.41, 5.74) is -1.44. The lowest BCUT2D eigenvalue weighted by atomic mass is 10.1. The average molecular weight is 290 g/mol. The van der Waals surface area contributed by atoms with Gasteiger partial charge in [0.05, 0.1) is 19.1 Å². The Hall–Kier alpha value is -1.72. The van der Waals surface area contributed by atoms with Crippen molar-refractivity contribution in [2.24, 2.45) is 0 Å². The fourth-order valence-corrected chi connectivity index (χ4v) is 1.72.